The number of likely N-dealkylation sites (tertiary alicyclic amines) is 1. The van der Waals surface area contributed by atoms with Gasteiger partial charge >= 0.3 is 5.97 Å². The van der Waals surface area contributed by atoms with Crippen LogP contribution in [0.3, 0.4) is 0 Å². The molecule has 0 bridgehead atoms. The first kappa shape index (κ1) is 15.5. The van der Waals surface area contributed by atoms with Gasteiger partial charge in [0, 0.05) is 30.5 Å². The molecule has 22 heavy (non-hydrogen) atoms. The highest BCUT2D eigenvalue weighted by Gasteiger charge is 2.55. The van der Waals surface area contributed by atoms with E-state index in [1.807, 2.05) is 13.0 Å². The predicted molar refractivity (Wildman–Crippen MR) is 83.3 cm³/mol. The van der Waals surface area contributed by atoms with Crippen molar-refractivity contribution in [3.05, 3.63) is 21.4 Å². The number of carboxylic acids is 1. The molecule has 1 N–H and O–H groups in total. The topological polar surface area (TPSA) is 66.8 Å². The van der Waals surface area contributed by atoms with Gasteiger partial charge in [-0.2, -0.15) is 0 Å². The third-order valence-electron chi connectivity index (χ3n) is 4.97. The first-order valence-electron chi connectivity index (χ1n) is 7.67. The molecule has 120 valence electrons. The van der Waals surface area contributed by atoms with Gasteiger partial charge in [-0.15, -0.1) is 11.3 Å². The number of rotatable bonds is 3. The van der Waals surface area contributed by atoms with Gasteiger partial charge in [-0.25, -0.2) is 0 Å². The van der Waals surface area contributed by atoms with Gasteiger partial charge in [0.15, 0.2) is 0 Å². The number of hydrogen-bond donors (Lipinski definition) is 1. The number of amides is 1. The predicted octanol–water partition coefficient (Wildman–Crippen LogP) is 2.18. The van der Waals surface area contributed by atoms with Crippen molar-refractivity contribution < 1.29 is 19.4 Å². The van der Waals surface area contributed by atoms with Crippen LogP contribution in [0.15, 0.2) is 6.07 Å². The summed E-state index contributed by atoms with van der Waals surface area (Å²) in [6.07, 6.45) is 1.40. The molecule has 2 aliphatic heterocycles. The third kappa shape index (κ3) is 2.34. The fourth-order valence-corrected chi connectivity index (χ4v) is 4.67. The Kier molecular flexibility index (Phi) is 3.99. The zero-order chi connectivity index (χ0) is 15.9. The first-order chi connectivity index (χ1) is 10.5. The van der Waals surface area contributed by atoms with Crippen LogP contribution < -0.4 is 0 Å². The summed E-state index contributed by atoms with van der Waals surface area (Å²) in [7, 11) is 0. The van der Waals surface area contributed by atoms with E-state index in [9.17, 15) is 14.7 Å². The fraction of sp³-hybridized carbons (Fsp3) is 0.625. The van der Waals surface area contributed by atoms with Gasteiger partial charge in [0.25, 0.3) is 5.91 Å². The van der Waals surface area contributed by atoms with Crippen LogP contribution in [0.25, 0.3) is 0 Å². The molecule has 2 fully saturated rings. The van der Waals surface area contributed by atoms with Crippen LogP contribution in [0.4, 0.5) is 0 Å². The first-order valence-corrected chi connectivity index (χ1v) is 8.49. The number of aryl methyl sites for hydroxylation is 2. The zero-order valence-corrected chi connectivity index (χ0v) is 13.7. The molecule has 0 radical (unpaired) electrons. The van der Waals surface area contributed by atoms with Crippen molar-refractivity contribution in [3.63, 3.8) is 0 Å². The number of carboxylic acid groups (broad SMARTS) is 1. The van der Waals surface area contributed by atoms with Crippen LogP contribution in [-0.4, -0.2) is 48.2 Å². The maximum absolute atomic E-state index is 12.7. The highest BCUT2D eigenvalue weighted by Crippen LogP contribution is 2.43. The number of carbonyl (C=O) groups is 2. The molecule has 2 saturated heterocycles. The summed E-state index contributed by atoms with van der Waals surface area (Å²) in [5, 5.41) is 9.66. The van der Waals surface area contributed by atoms with Crippen LogP contribution in [0.1, 0.15) is 33.5 Å². The molecule has 1 aromatic heterocycles. The minimum Gasteiger partial charge on any atom is -0.481 e. The Morgan fingerprint density at radius 3 is 2.91 bits per heavy atom. The van der Waals surface area contributed by atoms with Gasteiger partial charge in [-0.3, -0.25) is 9.59 Å². The van der Waals surface area contributed by atoms with Gasteiger partial charge < -0.3 is 14.7 Å². The van der Waals surface area contributed by atoms with Crippen molar-refractivity contribution in [2.75, 3.05) is 26.3 Å². The van der Waals surface area contributed by atoms with Crippen LogP contribution in [0, 0.1) is 18.3 Å². The summed E-state index contributed by atoms with van der Waals surface area (Å²) in [5.74, 6) is -0.940. The lowest BCUT2D eigenvalue weighted by Crippen LogP contribution is -2.45. The molecule has 2 atom stereocenters. The second kappa shape index (κ2) is 5.66. The Bertz CT molecular complexity index is 611. The summed E-state index contributed by atoms with van der Waals surface area (Å²) in [6, 6.07) is 1.93. The molecule has 0 aliphatic carbocycles. The smallest absolute Gasteiger partial charge is 0.311 e. The van der Waals surface area contributed by atoms with Crippen LogP contribution in [-0.2, 0) is 16.0 Å². The van der Waals surface area contributed by atoms with Gasteiger partial charge in [-0.05, 0) is 31.4 Å². The molecule has 1 aromatic rings. The molecule has 3 heterocycles. The molecule has 0 saturated carbocycles. The van der Waals surface area contributed by atoms with Crippen molar-refractivity contribution in [1.82, 2.24) is 4.90 Å². The maximum atomic E-state index is 12.7. The van der Waals surface area contributed by atoms with Gasteiger partial charge in [-0.1, -0.05) is 6.92 Å². The molecule has 6 heteroatoms. The Hall–Kier alpha value is -1.40. The second-order valence-electron chi connectivity index (χ2n) is 6.24. The number of fused-ring (bicyclic) bond motifs is 1. The fourth-order valence-electron chi connectivity index (χ4n) is 3.59. The van der Waals surface area contributed by atoms with Crippen molar-refractivity contribution in [3.8, 4) is 0 Å². The van der Waals surface area contributed by atoms with Crippen LogP contribution >= 0.6 is 11.3 Å². The lowest BCUT2D eigenvalue weighted by atomic mass is 9.74. The minimum absolute atomic E-state index is 0.0391. The molecule has 5 nitrogen and oxygen atoms in total. The lowest BCUT2D eigenvalue weighted by Gasteiger charge is -2.33. The number of aliphatic carboxylic acids is 1. The van der Waals surface area contributed by atoms with E-state index in [2.05, 4.69) is 6.92 Å². The van der Waals surface area contributed by atoms with E-state index in [1.165, 1.54) is 16.2 Å². The quantitative estimate of drug-likeness (QED) is 0.926. The summed E-state index contributed by atoms with van der Waals surface area (Å²) < 4.78 is 5.43. The molecule has 0 spiro atoms. The Morgan fingerprint density at radius 1 is 1.55 bits per heavy atom. The highest BCUT2D eigenvalue weighted by atomic mass is 32.1. The minimum atomic E-state index is -0.826. The van der Waals surface area contributed by atoms with Gasteiger partial charge in [0.05, 0.1) is 16.9 Å². The Balaban J connectivity index is 1.84. The van der Waals surface area contributed by atoms with Gasteiger partial charge in [0.2, 0.25) is 0 Å². The molecule has 2 aliphatic rings. The van der Waals surface area contributed by atoms with E-state index in [0.717, 1.165) is 16.9 Å². The van der Waals surface area contributed by atoms with Crippen molar-refractivity contribution in [1.29, 1.82) is 0 Å². The molecule has 1 amide bonds. The average molecular weight is 323 g/mol. The zero-order valence-electron chi connectivity index (χ0n) is 12.9. The lowest BCUT2D eigenvalue weighted by molar-refractivity contribution is -0.157. The summed E-state index contributed by atoms with van der Waals surface area (Å²) >= 11 is 1.53. The van der Waals surface area contributed by atoms with Crippen LogP contribution in [0.5, 0.6) is 0 Å². The van der Waals surface area contributed by atoms with Crippen LogP contribution in [0.2, 0.25) is 0 Å². The van der Waals surface area contributed by atoms with Crippen molar-refractivity contribution in [2.24, 2.45) is 11.3 Å². The van der Waals surface area contributed by atoms with Gasteiger partial charge in [0.1, 0.15) is 0 Å². The van der Waals surface area contributed by atoms with E-state index in [-0.39, 0.29) is 11.8 Å². The summed E-state index contributed by atoms with van der Waals surface area (Å²) in [6.45, 7) is 5.76. The number of ether oxygens (including phenoxy) is 1. The number of carbonyl (C=O) groups excluding carboxylic acids is 1. The van der Waals surface area contributed by atoms with E-state index in [1.54, 1.807) is 4.90 Å². The van der Waals surface area contributed by atoms with Crippen molar-refractivity contribution in [2.45, 2.75) is 26.7 Å². The average Bonchev–Trinajstić information content (AvgIpc) is 3.07. The number of nitrogens with zero attached hydrogens (tertiary/aromatic N) is 1. The molecule has 0 unspecified atom stereocenters. The van der Waals surface area contributed by atoms with Crippen molar-refractivity contribution >= 4 is 23.2 Å². The summed E-state index contributed by atoms with van der Waals surface area (Å²) in [4.78, 5) is 28.2. The van der Waals surface area contributed by atoms with E-state index < -0.39 is 11.4 Å². The SMILES string of the molecule is CCc1sc(C(=O)N2C[C@H]3COCC[C@@]3(C(=O)O)C2)cc1C. The number of hydrogen-bond acceptors (Lipinski definition) is 4. The van der Waals surface area contributed by atoms with E-state index in [0.29, 0.717) is 32.7 Å². The highest BCUT2D eigenvalue weighted by molar-refractivity contribution is 7.14. The Labute approximate surface area is 133 Å². The molecule has 3 rings (SSSR count). The molecular formula is C16H21NO4S. The number of thiophene rings is 1. The monoisotopic (exact) mass is 323 g/mol. The molecular weight excluding hydrogens is 302 g/mol. The largest absolute Gasteiger partial charge is 0.481 e. The summed E-state index contributed by atoms with van der Waals surface area (Å²) in [5.41, 5.74) is 0.317. The second-order valence-corrected chi connectivity index (χ2v) is 7.38. The van der Waals surface area contributed by atoms with E-state index in [4.69, 9.17) is 4.74 Å². The standard InChI is InChI=1S/C16H21NO4S/c1-3-12-10(2)6-13(22-12)14(18)17-7-11-8-21-5-4-16(11,9-17)15(19)20/h6,11H,3-5,7-9H2,1-2H3,(H,19,20)/t11-,16+/m0/s1. The maximum Gasteiger partial charge on any atom is 0.311 e. The Morgan fingerprint density at radius 2 is 2.32 bits per heavy atom. The van der Waals surface area contributed by atoms with E-state index >= 15 is 0 Å². The normalized spacial score (nSPS) is 27.7. The molecule has 0 aromatic carbocycles. The third-order valence-corrected chi connectivity index (χ3v) is 6.34.